The SMILES string of the molecule is COCCN(c1ccnc(C#N)c1)C1CC1. The van der Waals surface area contributed by atoms with Gasteiger partial charge in [-0.05, 0) is 25.0 Å². The van der Waals surface area contributed by atoms with Crippen LogP contribution in [0.5, 0.6) is 0 Å². The molecule has 1 aromatic rings. The molecule has 0 spiro atoms. The first-order valence-corrected chi connectivity index (χ1v) is 5.47. The topological polar surface area (TPSA) is 49.1 Å². The molecular weight excluding hydrogens is 202 g/mol. The number of anilines is 1. The highest BCUT2D eigenvalue weighted by atomic mass is 16.5. The monoisotopic (exact) mass is 217 g/mol. The minimum Gasteiger partial charge on any atom is -0.383 e. The highest BCUT2D eigenvalue weighted by molar-refractivity contribution is 5.50. The lowest BCUT2D eigenvalue weighted by Crippen LogP contribution is -2.29. The van der Waals surface area contributed by atoms with Crippen molar-refractivity contribution < 1.29 is 4.74 Å². The van der Waals surface area contributed by atoms with Crippen LogP contribution in [0.1, 0.15) is 18.5 Å². The third-order valence-electron chi connectivity index (χ3n) is 2.71. The summed E-state index contributed by atoms with van der Waals surface area (Å²) in [5.74, 6) is 0. The zero-order valence-electron chi connectivity index (χ0n) is 9.39. The normalized spacial score (nSPS) is 14.5. The Morgan fingerprint density at radius 2 is 2.44 bits per heavy atom. The molecule has 0 aliphatic heterocycles. The van der Waals surface area contributed by atoms with Gasteiger partial charge in [0.1, 0.15) is 11.8 Å². The van der Waals surface area contributed by atoms with Gasteiger partial charge in [0.25, 0.3) is 0 Å². The van der Waals surface area contributed by atoms with E-state index in [9.17, 15) is 0 Å². The lowest BCUT2D eigenvalue weighted by atomic mass is 10.3. The van der Waals surface area contributed by atoms with Crippen molar-refractivity contribution in [2.24, 2.45) is 0 Å². The molecule has 1 heterocycles. The molecule has 0 saturated heterocycles. The van der Waals surface area contributed by atoms with Crippen molar-refractivity contribution in [2.45, 2.75) is 18.9 Å². The zero-order chi connectivity index (χ0) is 11.4. The Bertz CT molecular complexity index is 395. The second kappa shape index (κ2) is 4.95. The van der Waals surface area contributed by atoms with E-state index in [-0.39, 0.29) is 0 Å². The second-order valence-corrected chi connectivity index (χ2v) is 3.93. The minimum atomic E-state index is 0.473. The maximum Gasteiger partial charge on any atom is 0.142 e. The highest BCUT2D eigenvalue weighted by Crippen LogP contribution is 2.31. The van der Waals surface area contributed by atoms with Crippen molar-refractivity contribution in [2.75, 3.05) is 25.2 Å². The largest absolute Gasteiger partial charge is 0.383 e. The first-order valence-electron chi connectivity index (χ1n) is 5.47. The van der Waals surface area contributed by atoms with Crippen molar-refractivity contribution in [3.8, 4) is 6.07 Å². The number of nitrogens with zero attached hydrogens (tertiary/aromatic N) is 3. The van der Waals surface area contributed by atoms with Gasteiger partial charge in [-0.1, -0.05) is 0 Å². The summed E-state index contributed by atoms with van der Waals surface area (Å²) >= 11 is 0. The van der Waals surface area contributed by atoms with Crippen LogP contribution in [0.3, 0.4) is 0 Å². The standard InChI is InChI=1S/C12H15N3O/c1-16-7-6-15(11-2-3-11)12-4-5-14-10(8-12)9-13/h4-5,8,11H,2-3,6-7H2,1H3. The van der Waals surface area contributed by atoms with Crippen molar-refractivity contribution in [3.05, 3.63) is 24.0 Å². The molecule has 16 heavy (non-hydrogen) atoms. The van der Waals surface area contributed by atoms with E-state index in [0.717, 1.165) is 12.2 Å². The summed E-state index contributed by atoms with van der Waals surface area (Å²) in [5.41, 5.74) is 1.55. The molecule has 1 fully saturated rings. The Morgan fingerprint density at radius 1 is 1.62 bits per heavy atom. The molecule has 84 valence electrons. The van der Waals surface area contributed by atoms with Gasteiger partial charge in [0.05, 0.1) is 6.61 Å². The van der Waals surface area contributed by atoms with E-state index in [1.54, 1.807) is 13.3 Å². The average Bonchev–Trinajstić information content (AvgIpc) is 3.14. The molecule has 0 aromatic carbocycles. The van der Waals surface area contributed by atoms with E-state index in [0.29, 0.717) is 18.3 Å². The fourth-order valence-corrected chi connectivity index (χ4v) is 1.76. The Morgan fingerprint density at radius 3 is 3.06 bits per heavy atom. The van der Waals surface area contributed by atoms with Crippen LogP contribution in [-0.4, -0.2) is 31.3 Å². The Hall–Kier alpha value is -1.60. The number of rotatable bonds is 5. The average molecular weight is 217 g/mol. The first-order chi connectivity index (χ1) is 7.85. The van der Waals surface area contributed by atoms with Crippen LogP contribution in [0.4, 0.5) is 5.69 Å². The number of methoxy groups -OCH3 is 1. The summed E-state index contributed by atoms with van der Waals surface area (Å²) < 4.78 is 5.11. The second-order valence-electron chi connectivity index (χ2n) is 3.93. The quantitative estimate of drug-likeness (QED) is 0.751. The number of hydrogen-bond acceptors (Lipinski definition) is 4. The molecule has 0 unspecified atom stereocenters. The summed E-state index contributed by atoms with van der Waals surface area (Å²) in [4.78, 5) is 6.28. The van der Waals surface area contributed by atoms with E-state index < -0.39 is 0 Å². The van der Waals surface area contributed by atoms with E-state index in [1.165, 1.54) is 12.8 Å². The van der Waals surface area contributed by atoms with Crippen molar-refractivity contribution in [3.63, 3.8) is 0 Å². The molecule has 1 aliphatic carbocycles. The molecule has 1 aromatic heterocycles. The van der Waals surface area contributed by atoms with Gasteiger partial charge < -0.3 is 9.64 Å². The lowest BCUT2D eigenvalue weighted by molar-refractivity contribution is 0.205. The summed E-state index contributed by atoms with van der Waals surface area (Å²) in [6.07, 6.45) is 4.15. The number of ether oxygens (including phenoxy) is 1. The molecule has 0 bridgehead atoms. The Kier molecular flexibility index (Phi) is 3.37. The Balaban J connectivity index is 2.14. The summed E-state index contributed by atoms with van der Waals surface area (Å²) in [7, 11) is 1.71. The van der Waals surface area contributed by atoms with Crippen LogP contribution < -0.4 is 4.90 Å². The summed E-state index contributed by atoms with van der Waals surface area (Å²) in [6.45, 7) is 1.58. The number of hydrogen-bond donors (Lipinski definition) is 0. The van der Waals surface area contributed by atoms with Crippen LogP contribution in [0, 0.1) is 11.3 Å². The van der Waals surface area contributed by atoms with Gasteiger partial charge in [-0.25, -0.2) is 4.98 Å². The van der Waals surface area contributed by atoms with E-state index in [1.807, 2.05) is 12.1 Å². The summed E-state index contributed by atoms with van der Waals surface area (Å²) in [6, 6.07) is 6.48. The van der Waals surface area contributed by atoms with E-state index in [4.69, 9.17) is 10.00 Å². The zero-order valence-corrected chi connectivity index (χ0v) is 9.39. The van der Waals surface area contributed by atoms with E-state index in [2.05, 4.69) is 16.0 Å². The van der Waals surface area contributed by atoms with Crippen LogP contribution in [-0.2, 0) is 4.74 Å². The minimum absolute atomic E-state index is 0.473. The molecule has 0 amide bonds. The number of nitriles is 1. The van der Waals surface area contributed by atoms with Gasteiger partial charge in [-0.2, -0.15) is 5.26 Å². The lowest BCUT2D eigenvalue weighted by Gasteiger charge is -2.24. The molecule has 0 atom stereocenters. The Labute approximate surface area is 95.5 Å². The van der Waals surface area contributed by atoms with Crippen molar-refractivity contribution in [1.29, 1.82) is 5.26 Å². The number of pyridine rings is 1. The molecule has 4 nitrogen and oxygen atoms in total. The van der Waals surface area contributed by atoms with Gasteiger partial charge in [0.15, 0.2) is 0 Å². The van der Waals surface area contributed by atoms with Crippen LogP contribution >= 0.6 is 0 Å². The van der Waals surface area contributed by atoms with Crippen LogP contribution in [0.25, 0.3) is 0 Å². The van der Waals surface area contributed by atoms with Crippen molar-refractivity contribution >= 4 is 5.69 Å². The van der Waals surface area contributed by atoms with Crippen molar-refractivity contribution in [1.82, 2.24) is 4.98 Å². The van der Waals surface area contributed by atoms with Gasteiger partial charge in [0.2, 0.25) is 0 Å². The van der Waals surface area contributed by atoms with Gasteiger partial charge in [0, 0.05) is 31.6 Å². The van der Waals surface area contributed by atoms with E-state index >= 15 is 0 Å². The molecular formula is C12H15N3O. The van der Waals surface area contributed by atoms with Gasteiger partial charge >= 0.3 is 0 Å². The van der Waals surface area contributed by atoms with Gasteiger partial charge in [-0.3, -0.25) is 0 Å². The molecule has 1 saturated carbocycles. The molecule has 0 radical (unpaired) electrons. The predicted octanol–water partition coefficient (Wildman–Crippen LogP) is 1.57. The molecule has 1 aliphatic rings. The third-order valence-corrected chi connectivity index (χ3v) is 2.71. The third kappa shape index (κ3) is 2.50. The first kappa shape index (κ1) is 10.9. The molecule has 2 rings (SSSR count). The maximum absolute atomic E-state index is 8.82. The van der Waals surface area contributed by atoms with Crippen LogP contribution in [0.2, 0.25) is 0 Å². The molecule has 4 heteroatoms. The fraction of sp³-hybridized carbons (Fsp3) is 0.500. The highest BCUT2D eigenvalue weighted by Gasteiger charge is 2.29. The smallest absolute Gasteiger partial charge is 0.142 e. The fourth-order valence-electron chi connectivity index (χ4n) is 1.76. The summed E-state index contributed by atoms with van der Waals surface area (Å²) in [5, 5.41) is 8.82. The number of aromatic nitrogens is 1. The van der Waals surface area contributed by atoms with Gasteiger partial charge in [-0.15, -0.1) is 0 Å². The predicted molar refractivity (Wildman–Crippen MR) is 61.2 cm³/mol. The maximum atomic E-state index is 8.82. The molecule has 0 N–H and O–H groups in total. The van der Waals surface area contributed by atoms with Crippen LogP contribution in [0.15, 0.2) is 18.3 Å².